The molecular weight excluding hydrogens is 214 g/mol. The first-order valence-electron chi connectivity index (χ1n) is 4.42. The first-order chi connectivity index (χ1) is 7.15. The number of nitro benzene ring substituents is 1. The quantitative estimate of drug-likeness (QED) is 0.348. The molecule has 0 aliphatic heterocycles. The maximum Gasteiger partial charge on any atom is 0.271 e. The van der Waals surface area contributed by atoms with Crippen molar-refractivity contribution in [2.24, 2.45) is 0 Å². The molecule has 3 N–H and O–H groups in total. The fraction of sp³-hybridized carbons (Fsp3) is 0.333. The zero-order valence-electron chi connectivity index (χ0n) is 8.40. The van der Waals surface area contributed by atoms with Gasteiger partial charge in [0.05, 0.1) is 16.3 Å². The van der Waals surface area contributed by atoms with Crippen molar-refractivity contribution in [3.05, 3.63) is 28.3 Å². The number of hydrogen-bond donors (Lipinski definition) is 2. The smallest absolute Gasteiger partial charge is 0.271 e. The highest BCUT2D eigenvalue weighted by Gasteiger charge is 2.07. The number of non-ortho nitro benzene ring substituents is 1. The summed E-state index contributed by atoms with van der Waals surface area (Å²) < 4.78 is 0. The van der Waals surface area contributed by atoms with Gasteiger partial charge in [0, 0.05) is 24.4 Å². The fourth-order valence-corrected chi connectivity index (χ4v) is 1.42. The van der Waals surface area contributed by atoms with Crippen LogP contribution in [0.5, 0.6) is 0 Å². The van der Waals surface area contributed by atoms with Gasteiger partial charge in [0.25, 0.3) is 5.69 Å². The van der Waals surface area contributed by atoms with E-state index in [2.05, 4.69) is 5.32 Å². The molecule has 15 heavy (non-hydrogen) atoms. The highest BCUT2D eigenvalue weighted by Crippen LogP contribution is 2.23. The minimum Gasteiger partial charge on any atom is -0.397 e. The lowest BCUT2D eigenvalue weighted by molar-refractivity contribution is -0.384. The van der Waals surface area contributed by atoms with Crippen LogP contribution in [0.15, 0.2) is 18.2 Å². The van der Waals surface area contributed by atoms with E-state index in [1.165, 1.54) is 12.1 Å². The van der Waals surface area contributed by atoms with Gasteiger partial charge in [-0.2, -0.15) is 11.8 Å². The number of anilines is 2. The topological polar surface area (TPSA) is 81.2 Å². The van der Waals surface area contributed by atoms with E-state index in [0.717, 1.165) is 18.0 Å². The summed E-state index contributed by atoms with van der Waals surface area (Å²) in [6, 6.07) is 4.44. The van der Waals surface area contributed by atoms with E-state index in [0.29, 0.717) is 5.69 Å². The predicted molar refractivity (Wildman–Crippen MR) is 64.4 cm³/mol. The molecule has 0 spiro atoms. The maximum absolute atomic E-state index is 10.5. The lowest BCUT2D eigenvalue weighted by Crippen LogP contribution is -2.06. The molecule has 5 nitrogen and oxygen atoms in total. The number of nitrogens with two attached hydrogens (primary N) is 1. The van der Waals surface area contributed by atoms with Gasteiger partial charge in [-0.15, -0.1) is 0 Å². The zero-order valence-corrected chi connectivity index (χ0v) is 9.21. The minimum atomic E-state index is -0.456. The van der Waals surface area contributed by atoms with Crippen LogP contribution >= 0.6 is 11.8 Å². The SMILES string of the molecule is CSCCNc1ccc([N+](=O)[O-])cc1N. The molecule has 6 heteroatoms. The van der Waals surface area contributed by atoms with Crippen LogP contribution in [-0.2, 0) is 0 Å². The summed E-state index contributed by atoms with van der Waals surface area (Å²) in [6.45, 7) is 0.795. The monoisotopic (exact) mass is 227 g/mol. The normalized spacial score (nSPS) is 9.93. The molecule has 1 aromatic rings. The molecule has 0 saturated heterocycles. The van der Waals surface area contributed by atoms with Crippen LogP contribution in [0.25, 0.3) is 0 Å². The van der Waals surface area contributed by atoms with Gasteiger partial charge in [-0.05, 0) is 12.3 Å². The van der Waals surface area contributed by atoms with Gasteiger partial charge in [-0.3, -0.25) is 10.1 Å². The van der Waals surface area contributed by atoms with Crippen molar-refractivity contribution >= 4 is 28.8 Å². The molecule has 0 unspecified atom stereocenters. The number of nitro groups is 1. The van der Waals surface area contributed by atoms with Crippen LogP contribution in [0.4, 0.5) is 17.1 Å². The lowest BCUT2D eigenvalue weighted by Gasteiger charge is -2.07. The van der Waals surface area contributed by atoms with Gasteiger partial charge < -0.3 is 11.1 Å². The average molecular weight is 227 g/mol. The standard InChI is InChI=1S/C9H13N3O2S/c1-15-5-4-11-9-3-2-7(12(13)14)6-8(9)10/h2-3,6,11H,4-5,10H2,1H3. The van der Waals surface area contributed by atoms with Gasteiger partial charge in [-0.25, -0.2) is 0 Å². The number of rotatable bonds is 5. The summed E-state index contributed by atoms with van der Waals surface area (Å²) in [5.74, 6) is 0.969. The molecule has 0 radical (unpaired) electrons. The molecule has 0 fully saturated rings. The molecule has 0 aliphatic rings. The second-order valence-electron chi connectivity index (χ2n) is 2.95. The van der Waals surface area contributed by atoms with Crippen LogP contribution in [0.3, 0.4) is 0 Å². The Balaban J connectivity index is 2.70. The second-order valence-corrected chi connectivity index (χ2v) is 3.93. The third kappa shape index (κ3) is 3.32. The summed E-state index contributed by atoms with van der Waals surface area (Å²) in [4.78, 5) is 9.99. The molecule has 0 aromatic heterocycles. The molecule has 0 heterocycles. The Morgan fingerprint density at radius 3 is 2.87 bits per heavy atom. The Morgan fingerprint density at radius 1 is 1.60 bits per heavy atom. The van der Waals surface area contributed by atoms with Gasteiger partial charge in [0.2, 0.25) is 0 Å². The van der Waals surface area contributed by atoms with Gasteiger partial charge in [-0.1, -0.05) is 0 Å². The Bertz CT molecular complexity index is 357. The van der Waals surface area contributed by atoms with Crippen LogP contribution in [-0.4, -0.2) is 23.5 Å². The number of nitrogens with one attached hydrogen (secondary N) is 1. The largest absolute Gasteiger partial charge is 0.397 e. The molecular formula is C9H13N3O2S. The highest BCUT2D eigenvalue weighted by molar-refractivity contribution is 7.98. The van der Waals surface area contributed by atoms with E-state index >= 15 is 0 Å². The van der Waals surface area contributed by atoms with Gasteiger partial charge in [0.15, 0.2) is 0 Å². The maximum atomic E-state index is 10.5. The van der Waals surface area contributed by atoms with Crippen molar-refractivity contribution in [2.45, 2.75) is 0 Å². The number of thioether (sulfide) groups is 1. The van der Waals surface area contributed by atoms with Crippen molar-refractivity contribution in [3.63, 3.8) is 0 Å². The molecule has 0 saturated carbocycles. The molecule has 1 rings (SSSR count). The Labute approximate surface area is 92.2 Å². The summed E-state index contributed by atoms with van der Waals surface area (Å²) >= 11 is 1.72. The van der Waals surface area contributed by atoms with Crippen molar-refractivity contribution in [2.75, 3.05) is 29.6 Å². The minimum absolute atomic E-state index is 0.0166. The number of benzene rings is 1. The van der Waals surface area contributed by atoms with Crippen LogP contribution in [0.1, 0.15) is 0 Å². The van der Waals surface area contributed by atoms with E-state index in [1.54, 1.807) is 17.8 Å². The molecule has 82 valence electrons. The highest BCUT2D eigenvalue weighted by atomic mass is 32.2. The predicted octanol–water partition coefficient (Wildman–Crippen LogP) is 1.95. The van der Waals surface area contributed by atoms with Crippen molar-refractivity contribution < 1.29 is 4.92 Å². The lowest BCUT2D eigenvalue weighted by atomic mass is 10.2. The molecule has 1 aromatic carbocycles. The van der Waals surface area contributed by atoms with E-state index in [1.807, 2.05) is 6.26 Å². The van der Waals surface area contributed by atoms with E-state index in [9.17, 15) is 10.1 Å². The number of nitrogen functional groups attached to an aromatic ring is 1. The molecule has 0 amide bonds. The summed E-state index contributed by atoms with van der Waals surface area (Å²) in [7, 11) is 0. The molecule has 0 atom stereocenters. The first kappa shape index (κ1) is 11.6. The van der Waals surface area contributed by atoms with Crippen molar-refractivity contribution in [1.82, 2.24) is 0 Å². The number of nitrogens with zero attached hydrogens (tertiary/aromatic N) is 1. The third-order valence-corrected chi connectivity index (χ3v) is 2.48. The van der Waals surface area contributed by atoms with Crippen LogP contribution in [0.2, 0.25) is 0 Å². The fourth-order valence-electron chi connectivity index (χ4n) is 1.11. The second kappa shape index (κ2) is 5.45. The van der Waals surface area contributed by atoms with Gasteiger partial charge in [0.1, 0.15) is 0 Å². The Kier molecular flexibility index (Phi) is 4.23. The number of hydrogen-bond acceptors (Lipinski definition) is 5. The summed E-state index contributed by atoms with van der Waals surface area (Å²) in [6.07, 6.45) is 2.01. The zero-order chi connectivity index (χ0) is 11.3. The van der Waals surface area contributed by atoms with Crippen molar-refractivity contribution in [3.8, 4) is 0 Å². The van der Waals surface area contributed by atoms with Crippen LogP contribution < -0.4 is 11.1 Å². The van der Waals surface area contributed by atoms with E-state index in [-0.39, 0.29) is 5.69 Å². The van der Waals surface area contributed by atoms with E-state index in [4.69, 9.17) is 5.73 Å². The molecule has 0 bridgehead atoms. The third-order valence-electron chi connectivity index (χ3n) is 1.87. The Morgan fingerprint density at radius 2 is 2.33 bits per heavy atom. The Hall–Kier alpha value is -1.43. The van der Waals surface area contributed by atoms with Gasteiger partial charge >= 0.3 is 0 Å². The van der Waals surface area contributed by atoms with E-state index < -0.39 is 4.92 Å². The average Bonchev–Trinajstić information content (AvgIpc) is 2.20. The van der Waals surface area contributed by atoms with Crippen molar-refractivity contribution in [1.29, 1.82) is 0 Å². The summed E-state index contributed by atoms with van der Waals surface area (Å²) in [5.41, 5.74) is 6.84. The van der Waals surface area contributed by atoms with Crippen LogP contribution in [0, 0.1) is 10.1 Å². The summed E-state index contributed by atoms with van der Waals surface area (Å²) in [5, 5.41) is 13.6. The molecule has 0 aliphatic carbocycles. The first-order valence-corrected chi connectivity index (χ1v) is 5.81.